The molecule has 5 heteroatoms. The Morgan fingerprint density at radius 1 is 1.33 bits per heavy atom. The lowest BCUT2D eigenvalue weighted by atomic mass is 10.1. The van der Waals surface area contributed by atoms with Crippen molar-refractivity contribution < 1.29 is 14.3 Å². The van der Waals surface area contributed by atoms with Gasteiger partial charge in [-0.25, -0.2) is 4.79 Å². The number of rotatable bonds is 5. The van der Waals surface area contributed by atoms with Crippen molar-refractivity contribution >= 4 is 27.8 Å². The summed E-state index contributed by atoms with van der Waals surface area (Å²) in [6.07, 6.45) is 0.743. The molecule has 98 valence electrons. The molecule has 1 atom stereocenters. The molecule has 0 bridgehead atoms. The summed E-state index contributed by atoms with van der Waals surface area (Å²) in [5, 5.41) is 2.81. The number of nitrogens with one attached hydrogen (secondary N) is 1. The normalized spacial score (nSPS) is 11.7. The number of alkyl halides is 1. The molecule has 0 saturated heterocycles. The van der Waals surface area contributed by atoms with Crippen molar-refractivity contribution in [3.8, 4) is 0 Å². The van der Waals surface area contributed by atoms with E-state index < -0.39 is 0 Å². The van der Waals surface area contributed by atoms with Crippen LogP contribution in [0.15, 0.2) is 24.3 Å². The minimum absolute atomic E-state index is 0.0328. The van der Waals surface area contributed by atoms with E-state index in [0.717, 1.165) is 12.0 Å². The summed E-state index contributed by atoms with van der Waals surface area (Å²) in [5.41, 5.74) is 1.44. The highest BCUT2D eigenvalue weighted by Crippen LogP contribution is 2.07. The zero-order chi connectivity index (χ0) is 13.5. The van der Waals surface area contributed by atoms with Crippen molar-refractivity contribution in [3.05, 3.63) is 35.4 Å². The van der Waals surface area contributed by atoms with E-state index >= 15 is 0 Å². The number of hydrogen-bond acceptors (Lipinski definition) is 3. The lowest BCUT2D eigenvalue weighted by Crippen LogP contribution is -2.30. The molecule has 1 unspecified atom stereocenters. The molecule has 1 N–H and O–H groups in total. The molecule has 0 aliphatic rings. The second kappa shape index (κ2) is 7.16. The largest absolute Gasteiger partial charge is 0.465 e. The summed E-state index contributed by atoms with van der Waals surface area (Å²) < 4.78 is 4.61. The van der Waals surface area contributed by atoms with Crippen molar-refractivity contribution in [1.29, 1.82) is 0 Å². The Morgan fingerprint density at radius 3 is 2.44 bits per heavy atom. The fourth-order valence-electron chi connectivity index (χ4n) is 1.36. The summed E-state index contributed by atoms with van der Waals surface area (Å²) in [6, 6.07) is 6.95. The average Bonchev–Trinajstić information content (AvgIpc) is 2.43. The predicted molar refractivity (Wildman–Crippen MR) is 72.6 cm³/mol. The summed E-state index contributed by atoms with van der Waals surface area (Å²) in [6.45, 7) is 2.38. The number of esters is 1. The quantitative estimate of drug-likeness (QED) is 0.670. The number of ether oxygens (including phenoxy) is 1. The monoisotopic (exact) mass is 313 g/mol. The summed E-state index contributed by atoms with van der Waals surface area (Å²) in [4.78, 5) is 22.6. The third-order valence-corrected chi connectivity index (χ3v) is 3.55. The van der Waals surface area contributed by atoms with E-state index in [1.165, 1.54) is 7.11 Å². The minimum atomic E-state index is -0.364. The number of carbonyl (C=O) groups excluding carboxylic acids is 2. The van der Waals surface area contributed by atoms with Crippen molar-refractivity contribution in [2.45, 2.75) is 24.7 Å². The first kappa shape index (κ1) is 14.7. The van der Waals surface area contributed by atoms with Crippen LogP contribution in [0, 0.1) is 0 Å². The van der Waals surface area contributed by atoms with E-state index in [1.807, 2.05) is 6.92 Å². The number of halogens is 1. The first-order chi connectivity index (χ1) is 8.58. The number of hydrogen-bond donors (Lipinski definition) is 1. The molecule has 1 aromatic rings. The van der Waals surface area contributed by atoms with Gasteiger partial charge in [-0.15, -0.1) is 0 Å². The fraction of sp³-hybridized carbons (Fsp3) is 0.385. The average molecular weight is 314 g/mol. The van der Waals surface area contributed by atoms with Crippen LogP contribution in [0.1, 0.15) is 29.3 Å². The number of benzene rings is 1. The second-order valence-corrected chi connectivity index (χ2v) is 4.89. The van der Waals surface area contributed by atoms with E-state index in [0.29, 0.717) is 12.1 Å². The SMILES string of the molecule is CCC(Br)C(=O)NCc1ccc(C(=O)OC)cc1. The minimum Gasteiger partial charge on any atom is -0.465 e. The molecule has 0 fully saturated rings. The Balaban J connectivity index is 2.54. The molecule has 0 spiro atoms. The number of amides is 1. The van der Waals surface area contributed by atoms with Gasteiger partial charge in [0.25, 0.3) is 0 Å². The maximum Gasteiger partial charge on any atom is 0.337 e. The van der Waals surface area contributed by atoms with Gasteiger partial charge >= 0.3 is 5.97 Å². The van der Waals surface area contributed by atoms with Gasteiger partial charge in [0.2, 0.25) is 5.91 Å². The van der Waals surface area contributed by atoms with Crippen LogP contribution in [0.2, 0.25) is 0 Å². The van der Waals surface area contributed by atoms with E-state index in [4.69, 9.17) is 0 Å². The zero-order valence-corrected chi connectivity index (χ0v) is 12.0. The third-order valence-electron chi connectivity index (χ3n) is 2.48. The highest BCUT2D eigenvalue weighted by atomic mass is 79.9. The molecular formula is C13H16BrNO3. The van der Waals surface area contributed by atoms with Crippen molar-refractivity contribution in [3.63, 3.8) is 0 Å². The van der Waals surface area contributed by atoms with Gasteiger partial charge in [0, 0.05) is 6.54 Å². The number of methoxy groups -OCH3 is 1. The highest BCUT2D eigenvalue weighted by molar-refractivity contribution is 9.10. The topological polar surface area (TPSA) is 55.4 Å². The standard InChI is InChI=1S/C13H16BrNO3/c1-3-11(14)12(16)15-8-9-4-6-10(7-5-9)13(17)18-2/h4-7,11H,3,8H2,1-2H3,(H,15,16). The van der Waals surface area contributed by atoms with Crippen molar-refractivity contribution in [2.75, 3.05) is 7.11 Å². The Kier molecular flexibility index (Phi) is 5.85. The van der Waals surface area contributed by atoms with E-state index in [2.05, 4.69) is 26.0 Å². The van der Waals surface area contributed by atoms with Crippen LogP contribution in [0.4, 0.5) is 0 Å². The maximum atomic E-state index is 11.5. The van der Waals surface area contributed by atoms with Gasteiger partial charge in [-0.1, -0.05) is 35.0 Å². The van der Waals surface area contributed by atoms with Crippen molar-refractivity contribution in [1.82, 2.24) is 5.32 Å². The Bertz CT molecular complexity index is 417. The number of carbonyl (C=O) groups is 2. The van der Waals surface area contributed by atoms with Gasteiger partial charge < -0.3 is 10.1 Å². The van der Waals surface area contributed by atoms with E-state index in [1.54, 1.807) is 24.3 Å². The van der Waals surface area contributed by atoms with Gasteiger partial charge in [0.1, 0.15) is 0 Å². The van der Waals surface area contributed by atoms with E-state index in [-0.39, 0.29) is 16.7 Å². The van der Waals surface area contributed by atoms with Crippen LogP contribution in [0.3, 0.4) is 0 Å². The molecule has 18 heavy (non-hydrogen) atoms. The molecular weight excluding hydrogens is 298 g/mol. The molecule has 1 amide bonds. The molecule has 0 radical (unpaired) electrons. The molecule has 1 aromatic carbocycles. The van der Waals surface area contributed by atoms with Crippen molar-refractivity contribution in [2.24, 2.45) is 0 Å². The molecule has 1 rings (SSSR count). The van der Waals surface area contributed by atoms with Crippen LogP contribution >= 0.6 is 15.9 Å². The lowest BCUT2D eigenvalue weighted by molar-refractivity contribution is -0.120. The van der Waals surface area contributed by atoms with Crippen LogP contribution < -0.4 is 5.32 Å². The molecule has 0 saturated carbocycles. The van der Waals surface area contributed by atoms with E-state index in [9.17, 15) is 9.59 Å². The van der Waals surface area contributed by atoms with Crippen LogP contribution in [0.5, 0.6) is 0 Å². The van der Waals surface area contributed by atoms with Gasteiger partial charge in [-0.05, 0) is 24.1 Å². The van der Waals surface area contributed by atoms with Crippen LogP contribution in [0.25, 0.3) is 0 Å². The Hall–Kier alpha value is -1.36. The van der Waals surface area contributed by atoms with Gasteiger partial charge in [-0.2, -0.15) is 0 Å². The molecule has 4 nitrogen and oxygen atoms in total. The predicted octanol–water partition coefficient (Wildman–Crippen LogP) is 2.26. The molecule has 0 aliphatic heterocycles. The highest BCUT2D eigenvalue weighted by Gasteiger charge is 2.11. The molecule has 0 aliphatic carbocycles. The summed E-state index contributed by atoms with van der Waals surface area (Å²) >= 11 is 3.28. The van der Waals surface area contributed by atoms with Gasteiger partial charge in [0.15, 0.2) is 0 Å². The van der Waals surface area contributed by atoms with Gasteiger partial charge in [-0.3, -0.25) is 4.79 Å². The van der Waals surface area contributed by atoms with Gasteiger partial charge in [0.05, 0.1) is 17.5 Å². The third kappa shape index (κ3) is 4.14. The molecule has 0 aromatic heterocycles. The fourth-order valence-corrected chi connectivity index (χ4v) is 1.52. The Labute approximate surface area is 115 Å². The smallest absolute Gasteiger partial charge is 0.337 e. The summed E-state index contributed by atoms with van der Waals surface area (Å²) in [5.74, 6) is -0.397. The van der Waals surface area contributed by atoms with Crippen LogP contribution in [-0.2, 0) is 16.1 Å². The zero-order valence-electron chi connectivity index (χ0n) is 10.4. The Morgan fingerprint density at radius 2 is 1.94 bits per heavy atom. The maximum absolute atomic E-state index is 11.5. The first-order valence-corrected chi connectivity index (χ1v) is 6.59. The van der Waals surface area contributed by atoms with Crippen LogP contribution in [-0.4, -0.2) is 23.8 Å². The second-order valence-electron chi connectivity index (χ2n) is 3.78. The lowest BCUT2D eigenvalue weighted by Gasteiger charge is -2.09. The first-order valence-electron chi connectivity index (χ1n) is 5.67. The molecule has 0 heterocycles. The summed E-state index contributed by atoms with van der Waals surface area (Å²) in [7, 11) is 1.34.